The van der Waals surface area contributed by atoms with Gasteiger partial charge in [0.25, 0.3) is 0 Å². The molecule has 1 aromatic carbocycles. The van der Waals surface area contributed by atoms with E-state index in [2.05, 4.69) is 26.9 Å². The Balaban J connectivity index is 1.71. The van der Waals surface area contributed by atoms with Crippen LogP contribution in [0.1, 0.15) is 12.8 Å². The summed E-state index contributed by atoms with van der Waals surface area (Å²) in [5.74, 6) is 1.15. The molecule has 1 aliphatic heterocycles. The summed E-state index contributed by atoms with van der Waals surface area (Å²) in [7, 11) is 0. The standard InChI is InChI=1S/C14H17BrN2O/c15-13-3-1-2-4-14(13)18-10-9-17-7-5-12(11-16)6-8-17/h1-4,12H,5-10H2. The Hall–Kier alpha value is -1.05. The summed E-state index contributed by atoms with van der Waals surface area (Å²) in [5.41, 5.74) is 0. The summed E-state index contributed by atoms with van der Waals surface area (Å²) in [6, 6.07) is 10.2. The van der Waals surface area contributed by atoms with Gasteiger partial charge in [0.2, 0.25) is 0 Å². The predicted octanol–water partition coefficient (Wildman–Crippen LogP) is 3.06. The Morgan fingerprint density at radius 2 is 2.06 bits per heavy atom. The number of nitriles is 1. The molecule has 2 rings (SSSR count). The molecule has 0 unspecified atom stereocenters. The summed E-state index contributed by atoms with van der Waals surface area (Å²) >= 11 is 3.47. The normalized spacial score (nSPS) is 17.3. The highest BCUT2D eigenvalue weighted by Crippen LogP contribution is 2.23. The number of halogens is 1. The van der Waals surface area contributed by atoms with Gasteiger partial charge in [-0.2, -0.15) is 5.26 Å². The maximum Gasteiger partial charge on any atom is 0.133 e. The first-order chi connectivity index (χ1) is 8.79. The van der Waals surface area contributed by atoms with Crippen LogP contribution in [0.5, 0.6) is 5.75 Å². The SMILES string of the molecule is N#CC1CCN(CCOc2ccccc2Br)CC1. The molecule has 0 atom stereocenters. The second-order valence-corrected chi connectivity index (χ2v) is 5.38. The minimum atomic E-state index is 0.255. The fourth-order valence-corrected chi connectivity index (χ4v) is 2.53. The van der Waals surface area contributed by atoms with Crippen molar-refractivity contribution in [3.8, 4) is 11.8 Å². The third kappa shape index (κ3) is 3.72. The molecule has 3 nitrogen and oxygen atoms in total. The van der Waals surface area contributed by atoms with Crippen LogP contribution < -0.4 is 4.74 Å². The first kappa shape index (κ1) is 13.4. The monoisotopic (exact) mass is 308 g/mol. The molecule has 4 heteroatoms. The third-order valence-electron chi connectivity index (χ3n) is 3.27. The van der Waals surface area contributed by atoms with Crippen molar-refractivity contribution in [2.24, 2.45) is 5.92 Å². The lowest BCUT2D eigenvalue weighted by atomic mass is 9.99. The number of likely N-dealkylation sites (tertiary alicyclic amines) is 1. The van der Waals surface area contributed by atoms with E-state index in [1.807, 2.05) is 24.3 Å². The van der Waals surface area contributed by atoms with Gasteiger partial charge >= 0.3 is 0 Å². The van der Waals surface area contributed by atoms with Crippen LogP contribution in [-0.4, -0.2) is 31.1 Å². The lowest BCUT2D eigenvalue weighted by Gasteiger charge is -2.28. The molecule has 1 aromatic rings. The maximum absolute atomic E-state index is 8.83. The topological polar surface area (TPSA) is 36.3 Å². The van der Waals surface area contributed by atoms with Crippen LogP contribution in [0.15, 0.2) is 28.7 Å². The van der Waals surface area contributed by atoms with E-state index in [4.69, 9.17) is 10.00 Å². The van der Waals surface area contributed by atoms with Crippen molar-refractivity contribution in [1.82, 2.24) is 4.90 Å². The predicted molar refractivity (Wildman–Crippen MR) is 74.4 cm³/mol. The number of para-hydroxylation sites is 1. The first-order valence-corrected chi connectivity index (χ1v) is 7.08. The molecule has 1 saturated heterocycles. The number of nitrogens with zero attached hydrogens (tertiary/aromatic N) is 2. The summed E-state index contributed by atoms with van der Waals surface area (Å²) in [6.45, 7) is 3.65. The molecule has 0 radical (unpaired) electrons. The third-order valence-corrected chi connectivity index (χ3v) is 3.93. The van der Waals surface area contributed by atoms with Crippen LogP contribution in [0.2, 0.25) is 0 Å². The summed E-state index contributed by atoms with van der Waals surface area (Å²) in [6.07, 6.45) is 1.98. The van der Waals surface area contributed by atoms with E-state index in [-0.39, 0.29) is 5.92 Å². The number of hydrogen-bond acceptors (Lipinski definition) is 3. The van der Waals surface area contributed by atoms with Gasteiger partial charge < -0.3 is 4.74 Å². The molecule has 1 fully saturated rings. The van der Waals surface area contributed by atoms with Crippen LogP contribution in [0, 0.1) is 17.2 Å². The molecular formula is C14H17BrN2O. The Bertz CT molecular complexity index is 422. The molecule has 0 N–H and O–H groups in total. The minimum Gasteiger partial charge on any atom is -0.491 e. The zero-order valence-corrected chi connectivity index (χ0v) is 11.9. The lowest BCUT2D eigenvalue weighted by Crippen LogP contribution is -2.36. The van der Waals surface area contributed by atoms with E-state index in [9.17, 15) is 0 Å². The van der Waals surface area contributed by atoms with Crippen LogP contribution in [-0.2, 0) is 0 Å². The van der Waals surface area contributed by atoms with Crippen LogP contribution in [0.4, 0.5) is 0 Å². The smallest absolute Gasteiger partial charge is 0.133 e. The zero-order chi connectivity index (χ0) is 12.8. The van der Waals surface area contributed by atoms with Gasteiger partial charge in [0.15, 0.2) is 0 Å². The lowest BCUT2D eigenvalue weighted by molar-refractivity contribution is 0.168. The maximum atomic E-state index is 8.83. The number of ether oxygens (including phenoxy) is 1. The van der Waals surface area contributed by atoms with Crippen molar-refractivity contribution < 1.29 is 4.74 Å². The van der Waals surface area contributed by atoms with Crippen molar-refractivity contribution in [3.05, 3.63) is 28.7 Å². The van der Waals surface area contributed by atoms with Gasteiger partial charge in [-0.05, 0) is 54.0 Å². The molecule has 0 amide bonds. The highest BCUT2D eigenvalue weighted by molar-refractivity contribution is 9.10. The number of piperidine rings is 1. The Kier molecular flexibility index (Phi) is 5.03. The second kappa shape index (κ2) is 6.77. The zero-order valence-electron chi connectivity index (χ0n) is 10.3. The summed E-state index contributed by atoms with van der Waals surface area (Å²) in [5, 5.41) is 8.83. The number of hydrogen-bond donors (Lipinski definition) is 0. The van der Waals surface area contributed by atoms with Gasteiger partial charge in [-0.1, -0.05) is 12.1 Å². The van der Waals surface area contributed by atoms with Gasteiger partial charge in [-0.3, -0.25) is 4.90 Å². The number of rotatable bonds is 4. The van der Waals surface area contributed by atoms with E-state index in [1.165, 1.54) is 0 Å². The Morgan fingerprint density at radius 3 is 2.72 bits per heavy atom. The van der Waals surface area contributed by atoms with E-state index >= 15 is 0 Å². The molecule has 0 aliphatic carbocycles. The molecule has 0 saturated carbocycles. The number of benzene rings is 1. The molecule has 1 heterocycles. The average molecular weight is 309 g/mol. The van der Waals surface area contributed by atoms with Crippen molar-refractivity contribution in [1.29, 1.82) is 5.26 Å². The minimum absolute atomic E-state index is 0.255. The molecule has 0 aromatic heterocycles. The highest BCUT2D eigenvalue weighted by atomic mass is 79.9. The van der Waals surface area contributed by atoms with Crippen LogP contribution in [0.25, 0.3) is 0 Å². The molecule has 0 bridgehead atoms. The van der Waals surface area contributed by atoms with Crippen molar-refractivity contribution in [2.75, 3.05) is 26.2 Å². The van der Waals surface area contributed by atoms with Gasteiger partial charge in [0.05, 0.1) is 10.5 Å². The van der Waals surface area contributed by atoms with Crippen LogP contribution >= 0.6 is 15.9 Å². The van der Waals surface area contributed by atoms with E-state index < -0.39 is 0 Å². The van der Waals surface area contributed by atoms with Crippen molar-refractivity contribution in [3.63, 3.8) is 0 Å². The molecule has 18 heavy (non-hydrogen) atoms. The van der Waals surface area contributed by atoms with E-state index in [0.717, 1.165) is 42.7 Å². The quantitative estimate of drug-likeness (QED) is 0.857. The largest absolute Gasteiger partial charge is 0.491 e. The van der Waals surface area contributed by atoms with Crippen molar-refractivity contribution >= 4 is 15.9 Å². The first-order valence-electron chi connectivity index (χ1n) is 6.29. The molecule has 1 aliphatic rings. The second-order valence-electron chi connectivity index (χ2n) is 4.52. The molecule has 96 valence electrons. The average Bonchev–Trinajstić information content (AvgIpc) is 2.42. The van der Waals surface area contributed by atoms with Gasteiger partial charge in [-0.25, -0.2) is 0 Å². The highest BCUT2D eigenvalue weighted by Gasteiger charge is 2.18. The Labute approximate surface area is 116 Å². The summed E-state index contributed by atoms with van der Waals surface area (Å²) in [4.78, 5) is 2.37. The van der Waals surface area contributed by atoms with Gasteiger partial charge in [0.1, 0.15) is 12.4 Å². The molecule has 0 spiro atoms. The Morgan fingerprint density at radius 1 is 1.33 bits per heavy atom. The van der Waals surface area contributed by atoms with Gasteiger partial charge in [0, 0.05) is 12.5 Å². The van der Waals surface area contributed by atoms with Gasteiger partial charge in [-0.15, -0.1) is 0 Å². The van der Waals surface area contributed by atoms with E-state index in [1.54, 1.807) is 0 Å². The van der Waals surface area contributed by atoms with Crippen LogP contribution in [0.3, 0.4) is 0 Å². The van der Waals surface area contributed by atoms with Crippen molar-refractivity contribution in [2.45, 2.75) is 12.8 Å². The van der Waals surface area contributed by atoms with E-state index in [0.29, 0.717) is 6.61 Å². The summed E-state index contributed by atoms with van der Waals surface area (Å²) < 4.78 is 6.73. The molecular weight excluding hydrogens is 292 g/mol. The fraction of sp³-hybridized carbons (Fsp3) is 0.500. The fourth-order valence-electron chi connectivity index (χ4n) is 2.13.